The maximum absolute atomic E-state index is 12.2. The topological polar surface area (TPSA) is 81.1 Å². The predicted octanol–water partition coefficient (Wildman–Crippen LogP) is 1.39. The summed E-state index contributed by atoms with van der Waals surface area (Å²) in [7, 11) is 1.72. The summed E-state index contributed by atoms with van der Waals surface area (Å²) in [6.45, 7) is 4.77. The lowest BCUT2D eigenvalue weighted by atomic mass is 10.2. The zero-order valence-electron chi connectivity index (χ0n) is 12.1. The lowest BCUT2D eigenvalue weighted by molar-refractivity contribution is -0.137. The van der Waals surface area contributed by atoms with Crippen LogP contribution in [0.25, 0.3) is 0 Å². The molecule has 0 aliphatic rings. The second kappa shape index (κ2) is 9.61. The van der Waals surface area contributed by atoms with Crippen molar-refractivity contribution >= 4 is 12.0 Å². The van der Waals surface area contributed by atoms with Gasteiger partial charge in [0, 0.05) is 32.8 Å². The molecule has 0 radical (unpaired) electrons. The zero-order valence-corrected chi connectivity index (χ0v) is 12.1. The molecule has 112 valence electrons. The van der Waals surface area contributed by atoms with Crippen LogP contribution < -0.4 is 0 Å². The van der Waals surface area contributed by atoms with Crippen LogP contribution in [0.15, 0.2) is 0 Å². The van der Waals surface area contributed by atoms with E-state index in [0.29, 0.717) is 6.54 Å². The van der Waals surface area contributed by atoms with E-state index in [-0.39, 0.29) is 31.6 Å². The molecule has 19 heavy (non-hydrogen) atoms. The van der Waals surface area contributed by atoms with Crippen molar-refractivity contribution in [2.24, 2.45) is 0 Å². The number of carbonyl (C=O) groups excluding carboxylic acids is 1. The minimum absolute atomic E-state index is 0.0215. The van der Waals surface area contributed by atoms with Crippen LogP contribution in [0.5, 0.6) is 0 Å². The van der Waals surface area contributed by atoms with Crippen molar-refractivity contribution in [3.8, 4) is 0 Å². The van der Waals surface area contributed by atoms with Gasteiger partial charge in [-0.25, -0.2) is 4.79 Å². The molecule has 0 spiro atoms. The number of amides is 2. The van der Waals surface area contributed by atoms with E-state index in [2.05, 4.69) is 0 Å². The van der Waals surface area contributed by atoms with Crippen molar-refractivity contribution < 1.29 is 19.8 Å². The number of carbonyl (C=O) groups is 2. The third-order valence-electron chi connectivity index (χ3n) is 2.91. The summed E-state index contributed by atoms with van der Waals surface area (Å²) < 4.78 is 0. The van der Waals surface area contributed by atoms with Crippen LogP contribution in [0.3, 0.4) is 0 Å². The highest BCUT2D eigenvalue weighted by molar-refractivity contribution is 5.75. The Bertz CT molecular complexity index is 282. The Morgan fingerprint density at radius 1 is 1.11 bits per heavy atom. The standard InChI is InChI=1S/C13H26N2O4/c1-11(2)15(9-7-12(17)18)13(19)14(3)8-5-4-6-10-16/h11,16H,4-10H2,1-3H3,(H,17,18). The normalized spacial score (nSPS) is 10.6. The quantitative estimate of drug-likeness (QED) is 0.622. The fraction of sp³-hybridized carbons (Fsp3) is 0.846. The molecular formula is C13H26N2O4. The van der Waals surface area contributed by atoms with E-state index in [4.69, 9.17) is 10.2 Å². The highest BCUT2D eigenvalue weighted by atomic mass is 16.4. The molecule has 0 rings (SSSR count). The summed E-state index contributed by atoms with van der Waals surface area (Å²) in [4.78, 5) is 25.9. The Morgan fingerprint density at radius 2 is 1.74 bits per heavy atom. The van der Waals surface area contributed by atoms with Gasteiger partial charge in [-0.3, -0.25) is 4.79 Å². The first-order valence-electron chi connectivity index (χ1n) is 6.74. The van der Waals surface area contributed by atoms with Crippen LogP contribution >= 0.6 is 0 Å². The van der Waals surface area contributed by atoms with Crippen molar-refractivity contribution in [3.05, 3.63) is 0 Å². The Hall–Kier alpha value is -1.30. The Labute approximate surface area is 115 Å². The Balaban J connectivity index is 4.24. The minimum Gasteiger partial charge on any atom is -0.481 e. The number of hydrogen-bond acceptors (Lipinski definition) is 3. The SMILES string of the molecule is CC(C)N(CCC(=O)O)C(=O)N(C)CCCCCO. The zero-order chi connectivity index (χ0) is 14.8. The van der Waals surface area contributed by atoms with Gasteiger partial charge in [0.25, 0.3) is 0 Å². The van der Waals surface area contributed by atoms with Gasteiger partial charge in [-0.15, -0.1) is 0 Å². The number of carboxylic acids is 1. The van der Waals surface area contributed by atoms with Crippen molar-refractivity contribution in [1.82, 2.24) is 9.80 Å². The minimum atomic E-state index is -0.899. The van der Waals surface area contributed by atoms with Gasteiger partial charge in [-0.05, 0) is 33.1 Å². The molecule has 0 saturated carbocycles. The maximum atomic E-state index is 12.2. The van der Waals surface area contributed by atoms with Gasteiger partial charge in [-0.2, -0.15) is 0 Å². The van der Waals surface area contributed by atoms with E-state index in [9.17, 15) is 9.59 Å². The summed E-state index contributed by atoms with van der Waals surface area (Å²) >= 11 is 0. The van der Waals surface area contributed by atoms with Gasteiger partial charge in [0.1, 0.15) is 0 Å². The number of carboxylic acid groups (broad SMARTS) is 1. The highest BCUT2D eigenvalue weighted by Gasteiger charge is 2.20. The largest absolute Gasteiger partial charge is 0.481 e. The molecule has 0 unspecified atom stereocenters. The van der Waals surface area contributed by atoms with Gasteiger partial charge in [-0.1, -0.05) is 0 Å². The lowest BCUT2D eigenvalue weighted by Crippen LogP contribution is -2.46. The molecule has 2 amide bonds. The summed E-state index contributed by atoms with van der Waals surface area (Å²) in [5, 5.41) is 17.4. The molecule has 0 saturated heterocycles. The number of aliphatic hydroxyl groups is 1. The van der Waals surface area contributed by atoms with Crippen molar-refractivity contribution in [2.45, 2.75) is 45.6 Å². The average molecular weight is 274 g/mol. The molecule has 0 aliphatic heterocycles. The van der Waals surface area contributed by atoms with Gasteiger partial charge < -0.3 is 20.0 Å². The summed E-state index contributed by atoms with van der Waals surface area (Å²) in [5.74, 6) is -0.899. The second-order valence-electron chi connectivity index (χ2n) is 4.92. The molecule has 0 aromatic heterocycles. The van der Waals surface area contributed by atoms with E-state index in [1.54, 1.807) is 16.8 Å². The molecule has 0 aromatic carbocycles. The molecule has 0 aliphatic carbocycles. The van der Waals surface area contributed by atoms with Gasteiger partial charge in [0.05, 0.1) is 6.42 Å². The van der Waals surface area contributed by atoms with Crippen LogP contribution in [-0.2, 0) is 4.79 Å². The second-order valence-corrected chi connectivity index (χ2v) is 4.92. The van der Waals surface area contributed by atoms with Crippen LogP contribution in [0.4, 0.5) is 4.79 Å². The first kappa shape index (κ1) is 17.7. The summed E-state index contributed by atoms with van der Waals surface area (Å²) in [6.07, 6.45) is 2.43. The Kier molecular flexibility index (Phi) is 8.95. The van der Waals surface area contributed by atoms with Gasteiger partial charge >= 0.3 is 12.0 Å². The van der Waals surface area contributed by atoms with Crippen molar-refractivity contribution in [3.63, 3.8) is 0 Å². The molecule has 0 bridgehead atoms. The maximum Gasteiger partial charge on any atom is 0.319 e. The molecule has 0 aromatic rings. The van der Waals surface area contributed by atoms with E-state index in [1.165, 1.54) is 0 Å². The monoisotopic (exact) mass is 274 g/mol. The molecule has 6 nitrogen and oxygen atoms in total. The lowest BCUT2D eigenvalue weighted by Gasteiger charge is -2.31. The fourth-order valence-corrected chi connectivity index (χ4v) is 1.74. The third kappa shape index (κ3) is 7.66. The number of nitrogens with zero attached hydrogens (tertiary/aromatic N) is 2. The van der Waals surface area contributed by atoms with E-state index in [0.717, 1.165) is 19.3 Å². The van der Waals surface area contributed by atoms with Gasteiger partial charge in [0.2, 0.25) is 0 Å². The van der Waals surface area contributed by atoms with Crippen molar-refractivity contribution in [1.29, 1.82) is 0 Å². The number of aliphatic hydroxyl groups excluding tert-OH is 1. The first-order chi connectivity index (χ1) is 8.90. The smallest absolute Gasteiger partial charge is 0.319 e. The number of unbranched alkanes of at least 4 members (excludes halogenated alkanes) is 2. The number of hydrogen-bond donors (Lipinski definition) is 2. The number of rotatable bonds is 9. The van der Waals surface area contributed by atoms with E-state index < -0.39 is 5.97 Å². The summed E-state index contributed by atoms with van der Waals surface area (Å²) in [5.41, 5.74) is 0. The molecule has 6 heteroatoms. The third-order valence-corrected chi connectivity index (χ3v) is 2.91. The molecule has 0 atom stereocenters. The van der Waals surface area contributed by atoms with Crippen LogP contribution in [-0.4, -0.2) is 64.8 Å². The first-order valence-corrected chi connectivity index (χ1v) is 6.74. The van der Waals surface area contributed by atoms with Crippen molar-refractivity contribution in [2.75, 3.05) is 26.7 Å². The van der Waals surface area contributed by atoms with Gasteiger partial charge in [0.15, 0.2) is 0 Å². The van der Waals surface area contributed by atoms with E-state index in [1.807, 2.05) is 13.8 Å². The van der Waals surface area contributed by atoms with E-state index >= 15 is 0 Å². The number of aliphatic carboxylic acids is 1. The molecule has 0 fully saturated rings. The Morgan fingerprint density at radius 3 is 2.21 bits per heavy atom. The molecular weight excluding hydrogens is 248 g/mol. The fourth-order valence-electron chi connectivity index (χ4n) is 1.74. The molecule has 0 heterocycles. The summed E-state index contributed by atoms with van der Waals surface area (Å²) in [6, 6.07) is -0.160. The van der Waals surface area contributed by atoms with Crippen LogP contribution in [0.2, 0.25) is 0 Å². The predicted molar refractivity (Wildman–Crippen MR) is 73.1 cm³/mol. The van der Waals surface area contributed by atoms with Crippen LogP contribution in [0, 0.1) is 0 Å². The number of urea groups is 1. The molecule has 2 N–H and O–H groups in total. The highest BCUT2D eigenvalue weighted by Crippen LogP contribution is 2.06. The van der Waals surface area contributed by atoms with Crippen LogP contribution in [0.1, 0.15) is 39.5 Å². The average Bonchev–Trinajstić information content (AvgIpc) is 2.33.